The van der Waals surface area contributed by atoms with Gasteiger partial charge in [-0.15, -0.1) is 0 Å². The number of carbonyl (C=O) groups excluding carboxylic acids is 1. The number of piperidine rings is 1. The van der Waals surface area contributed by atoms with Gasteiger partial charge in [0.05, 0.1) is 5.56 Å². The lowest BCUT2D eigenvalue weighted by Gasteiger charge is -2.31. The van der Waals surface area contributed by atoms with Gasteiger partial charge in [0.2, 0.25) is 5.91 Å². The zero-order valence-electron chi connectivity index (χ0n) is 14.4. The van der Waals surface area contributed by atoms with Crippen LogP contribution in [0.4, 0.5) is 13.2 Å². The molecule has 0 unspecified atom stereocenters. The molecular weight excluding hydrogens is 331 g/mol. The number of likely N-dealkylation sites (tertiary alicyclic amines) is 2. The lowest BCUT2D eigenvalue weighted by atomic mass is 10.0. The summed E-state index contributed by atoms with van der Waals surface area (Å²) in [7, 11) is 2.09. The maximum Gasteiger partial charge on any atom is 0.416 e. The SMILES string of the molecule is CN1CCC(N[C@@H]2CC(=O)N(Cc3ccccc3C(F)(F)F)C2)CC1. The summed E-state index contributed by atoms with van der Waals surface area (Å²) in [5.41, 5.74) is -0.502. The van der Waals surface area contributed by atoms with E-state index in [4.69, 9.17) is 0 Å². The van der Waals surface area contributed by atoms with E-state index in [1.165, 1.54) is 17.0 Å². The number of rotatable bonds is 4. The summed E-state index contributed by atoms with van der Waals surface area (Å²) in [5.74, 6) is -0.0811. The Labute approximate surface area is 146 Å². The molecule has 4 nitrogen and oxygen atoms in total. The molecule has 2 heterocycles. The van der Waals surface area contributed by atoms with Crippen molar-refractivity contribution in [3.8, 4) is 0 Å². The molecule has 0 saturated carbocycles. The second-order valence-corrected chi connectivity index (χ2v) is 7.07. The maximum atomic E-state index is 13.1. The van der Waals surface area contributed by atoms with Crippen LogP contribution in [0.15, 0.2) is 24.3 Å². The summed E-state index contributed by atoms with van der Waals surface area (Å²) in [6.45, 7) is 2.54. The van der Waals surface area contributed by atoms with Crippen molar-refractivity contribution in [2.24, 2.45) is 0 Å². The third-order valence-electron chi connectivity index (χ3n) is 5.09. The first-order chi connectivity index (χ1) is 11.8. The van der Waals surface area contributed by atoms with E-state index in [0.717, 1.165) is 32.0 Å². The van der Waals surface area contributed by atoms with Gasteiger partial charge in [-0.3, -0.25) is 4.79 Å². The number of nitrogens with zero attached hydrogens (tertiary/aromatic N) is 2. The zero-order valence-corrected chi connectivity index (χ0v) is 14.4. The number of alkyl halides is 3. The lowest BCUT2D eigenvalue weighted by Crippen LogP contribution is -2.46. The van der Waals surface area contributed by atoms with Crippen molar-refractivity contribution in [3.63, 3.8) is 0 Å². The Morgan fingerprint density at radius 2 is 1.84 bits per heavy atom. The van der Waals surface area contributed by atoms with Gasteiger partial charge >= 0.3 is 6.18 Å². The van der Waals surface area contributed by atoms with Gasteiger partial charge in [-0.25, -0.2) is 0 Å². The average molecular weight is 355 g/mol. The van der Waals surface area contributed by atoms with E-state index >= 15 is 0 Å². The summed E-state index contributed by atoms with van der Waals surface area (Å²) >= 11 is 0. The van der Waals surface area contributed by atoms with E-state index in [9.17, 15) is 18.0 Å². The van der Waals surface area contributed by atoms with Crippen LogP contribution < -0.4 is 5.32 Å². The number of amides is 1. The molecule has 1 atom stereocenters. The van der Waals surface area contributed by atoms with Crippen LogP contribution in [0.1, 0.15) is 30.4 Å². The minimum atomic E-state index is -4.40. The second-order valence-electron chi connectivity index (χ2n) is 7.07. The minimum absolute atomic E-state index is 0.0140. The summed E-state index contributed by atoms with van der Waals surface area (Å²) in [6, 6.07) is 5.90. The third-order valence-corrected chi connectivity index (χ3v) is 5.09. The predicted molar refractivity (Wildman–Crippen MR) is 88.9 cm³/mol. The van der Waals surface area contributed by atoms with Crippen molar-refractivity contribution in [1.29, 1.82) is 0 Å². The van der Waals surface area contributed by atoms with E-state index in [1.54, 1.807) is 6.07 Å². The van der Waals surface area contributed by atoms with E-state index in [2.05, 4.69) is 17.3 Å². The number of halogens is 3. The van der Waals surface area contributed by atoms with Crippen LogP contribution in [0.25, 0.3) is 0 Å². The van der Waals surface area contributed by atoms with Gasteiger partial charge in [0, 0.05) is 31.6 Å². The van der Waals surface area contributed by atoms with E-state index in [0.29, 0.717) is 19.0 Å². The Kier molecular flexibility index (Phi) is 5.34. The van der Waals surface area contributed by atoms with Crippen molar-refractivity contribution in [1.82, 2.24) is 15.1 Å². The summed E-state index contributed by atoms with van der Waals surface area (Å²) in [6.07, 6.45) is -1.96. The van der Waals surface area contributed by atoms with Gasteiger partial charge in [0.1, 0.15) is 0 Å². The maximum absolute atomic E-state index is 13.1. The molecule has 2 aliphatic rings. The first kappa shape index (κ1) is 18.2. The van der Waals surface area contributed by atoms with Crippen LogP contribution in [-0.2, 0) is 17.5 Å². The molecule has 138 valence electrons. The first-order valence-electron chi connectivity index (χ1n) is 8.70. The largest absolute Gasteiger partial charge is 0.416 e. The Bertz CT molecular complexity index is 612. The molecule has 1 aromatic rings. The minimum Gasteiger partial charge on any atom is -0.337 e. The number of carbonyl (C=O) groups is 1. The van der Waals surface area contributed by atoms with Gasteiger partial charge in [0.25, 0.3) is 0 Å². The monoisotopic (exact) mass is 355 g/mol. The van der Waals surface area contributed by atoms with E-state index in [1.807, 2.05) is 0 Å². The van der Waals surface area contributed by atoms with E-state index in [-0.39, 0.29) is 24.1 Å². The molecule has 1 amide bonds. The molecule has 3 rings (SSSR count). The first-order valence-corrected chi connectivity index (χ1v) is 8.70. The van der Waals surface area contributed by atoms with E-state index < -0.39 is 11.7 Å². The van der Waals surface area contributed by atoms with Gasteiger partial charge in [0.15, 0.2) is 0 Å². The summed E-state index contributed by atoms with van der Waals surface area (Å²) in [4.78, 5) is 16.1. The Morgan fingerprint density at radius 3 is 2.52 bits per heavy atom. The van der Waals surface area contributed by atoms with Crippen molar-refractivity contribution in [3.05, 3.63) is 35.4 Å². The number of hydrogen-bond donors (Lipinski definition) is 1. The highest BCUT2D eigenvalue weighted by Gasteiger charge is 2.36. The second kappa shape index (κ2) is 7.33. The van der Waals surface area contributed by atoms with Gasteiger partial charge in [-0.2, -0.15) is 13.2 Å². The molecule has 25 heavy (non-hydrogen) atoms. The highest BCUT2D eigenvalue weighted by atomic mass is 19.4. The van der Waals surface area contributed by atoms with Gasteiger partial charge in [-0.05, 0) is 44.6 Å². The Hall–Kier alpha value is -1.60. The fraction of sp³-hybridized carbons (Fsp3) is 0.611. The quantitative estimate of drug-likeness (QED) is 0.901. The van der Waals surface area contributed by atoms with Gasteiger partial charge in [-0.1, -0.05) is 18.2 Å². The van der Waals surface area contributed by atoms with Crippen LogP contribution in [0.3, 0.4) is 0 Å². The van der Waals surface area contributed by atoms with Gasteiger partial charge < -0.3 is 15.1 Å². The molecular formula is C18H24F3N3O. The normalized spacial score (nSPS) is 23.4. The molecule has 0 aromatic heterocycles. The van der Waals surface area contributed by atoms with Crippen LogP contribution in [0.2, 0.25) is 0 Å². The fourth-order valence-corrected chi connectivity index (χ4v) is 3.69. The smallest absolute Gasteiger partial charge is 0.337 e. The molecule has 0 aliphatic carbocycles. The molecule has 7 heteroatoms. The fourth-order valence-electron chi connectivity index (χ4n) is 3.69. The standard InChI is InChI=1S/C18H24F3N3O/c1-23-8-6-14(7-9-23)22-15-10-17(25)24(12-15)11-13-4-2-3-5-16(13)18(19,20)21/h2-5,14-15,22H,6-12H2,1H3/t15-/m1/s1. The summed E-state index contributed by atoms with van der Waals surface area (Å²) in [5, 5.41) is 3.52. The molecule has 0 radical (unpaired) electrons. The Balaban J connectivity index is 1.60. The Morgan fingerprint density at radius 1 is 1.16 bits per heavy atom. The molecule has 2 fully saturated rings. The van der Waals surface area contributed by atoms with Crippen molar-refractivity contribution < 1.29 is 18.0 Å². The van der Waals surface area contributed by atoms with Crippen LogP contribution in [-0.4, -0.2) is 54.5 Å². The van der Waals surface area contributed by atoms with Crippen LogP contribution >= 0.6 is 0 Å². The van der Waals surface area contributed by atoms with Crippen LogP contribution in [0.5, 0.6) is 0 Å². The molecule has 1 N–H and O–H groups in total. The molecule has 2 saturated heterocycles. The molecule has 2 aliphatic heterocycles. The molecule has 0 spiro atoms. The topological polar surface area (TPSA) is 35.6 Å². The van der Waals surface area contributed by atoms with Crippen molar-refractivity contribution in [2.75, 3.05) is 26.7 Å². The highest BCUT2D eigenvalue weighted by Crippen LogP contribution is 2.33. The lowest BCUT2D eigenvalue weighted by molar-refractivity contribution is -0.139. The zero-order chi connectivity index (χ0) is 18.0. The molecule has 0 bridgehead atoms. The summed E-state index contributed by atoms with van der Waals surface area (Å²) < 4.78 is 39.4. The van der Waals surface area contributed by atoms with Crippen molar-refractivity contribution in [2.45, 2.75) is 44.1 Å². The molecule has 1 aromatic carbocycles. The number of nitrogens with one attached hydrogen (secondary N) is 1. The highest BCUT2D eigenvalue weighted by molar-refractivity contribution is 5.79. The van der Waals surface area contributed by atoms with Crippen molar-refractivity contribution >= 4 is 5.91 Å². The average Bonchev–Trinajstić information content (AvgIpc) is 2.89. The predicted octanol–water partition coefficient (Wildman–Crippen LogP) is 2.49. The number of hydrogen-bond acceptors (Lipinski definition) is 3. The number of benzene rings is 1. The van der Waals surface area contributed by atoms with Crippen LogP contribution in [0, 0.1) is 0 Å². The third kappa shape index (κ3) is 4.52.